The maximum atomic E-state index is 13.8. The molecule has 1 saturated carbocycles. The van der Waals surface area contributed by atoms with Gasteiger partial charge in [-0.25, -0.2) is 18.4 Å². The van der Waals surface area contributed by atoms with Crippen LogP contribution in [0.2, 0.25) is 0 Å². The standard InChI is InChI=1S/C20H22F2N4O/c1-19(7-8-19)11-15-13-23-17(25-15)12-20(27,18(21)22)14-3-5-16(6-4-14)26-10-2-9-24-26/h2-6,9-10,13,18,27H,7-8,11-12H2,1H3,(H,23,25). The molecule has 4 rings (SSSR count). The Balaban J connectivity index is 1.55. The highest BCUT2D eigenvalue weighted by molar-refractivity contribution is 5.36. The quantitative estimate of drug-likeness (QED) is 0.666. The van der Waals surface area contributed by atoms with Crippen LogP contribution >= 0.6 is 0 Å². The monoisotopic (exact) mass is 372 g/mol. The fourth-order valence-electron chi connectivity index (χ4n) is 3.30. The van der Waals surface area contributed by atoms with Gasteiger partial charge in [0.1, 0.15) is 5.82 Å². The third kappa shape index (κ3) is 3.64. The second-order valence-corrected chi connectivity index (χ2v) is 7.73. The normalized spacial score (nSPS) is 17.8. The number of nitrogens with one attached hydrogen (secondary N) is 1. The van der Waals surface area contributed by atoms with Gasteiger partial charge in [-0.1, -0.05) is 19.1 Å². The van der Waals surface area contributed by atoms with Gasteiger partial charge in [0.2, 0.25) is 0 Å². The third-order valence-corrected chi connectivity index (χ3v) is 5.33. The lowest BCUT2D eigenvalue weighted by Crippen LogP contribution is -2.37. The second kappa shape index (κ2) is 6.56. The lowest BCUT2D eigenvalue weighted by molar-refractivity contribution is -0.102. The van der Waals surface area contributed by atoms with Crippen LogP contribution in [0, 0.1) is 5.41 Å². The molecule has 1 atom stereocenters. The van der Waals surface area contributed by atoms with E-state index in [9.17, 15) is 13.9 Å². The zero-order valence-electron chi connectivity index (χ0n) is 15.1. The van der Waals surface area contributed by atoms with Crippen LogP contribution in [0.15, 0.2) is 48.9 Å². The van der Waals surface area contributed by atoms with Crippen molar-refractivity contribution in [2.75, 3.05) is 0 Å². The van der Waals surface area contributed by atoms with Crippen molar-refractivity contribution in [3.8, 4) is 5.69 Å². The predicted octanol–water partition coefficient (Wildman–Crippen LogP) is 3.63. The first kappa shape index (κ1) is 17.9. The summed E-state index contributed by atoms with van der Waals surface area (Å²) in [6.45, 7) is 2.19. The summed E-state index contributed by atoms with van der Waals surface area (Å²) in [5, 5.41) is 14.9. The smallest absolute Gasteiger partial charge is 0.271 e. The van der Waals surface area contributed by atoms with Crippen LogP contribution in [0.4, 0.5) is 8.78 Å². The van der Waals surface area contributed by atoms with Gasteiger partial charge in [0.25, 0.3) is 6.43 Å². The molecule has 142 valence electrons. The van der Waals surface area contributed by atoms with Crippen molar-refractivity contribution in [1.29, 1.82) is 0 Å². The molecule has 3 aromatic rings. The number of H-pyrrole nitrogens is 1. The van der Waals surface area contributed by atoms with Crippen molar-refractivity contribution < 1.29 is 13.9 Å². The van der Waals surface area contributed by atoms with E-state index in [2.05, 4.69) is 22.0 Å². The minimum Gasteiger partial charge on any atom is -0.379 e. The van der Waals surface area contributed by atoms with Crippen LogP contribution in [-0.4, -0.2) is 31.3 Å². The second-order valence-electron chi connectivity index (χ2n) is 7.73. The summed E-state index contributed by atoms with van der Waals surface area (Å²) >= 11 is 0. The molecule has 1 aliphatic carbocycles. The maximum absolute atomic E-state index is 13.8. The highest BCUT2D eigenvalue weighted by Crippen LogP contribution is 2.47. The molecule has 7 heteroatoms. The van der Waals surface area contributed by atoms with Crippen LogP contribution < -0.4 is 0 Å². The molecule has 1 unspecified atom stereocenters. The molecule has 1 fully saturated rings. The molecule has 1 aromatic carbocycles. The lowest BCUT2D eigenvalue weighted by atomic mass is 9.90. The molecule has 1 aliphatic rings. The summed E-state index contributed by atoms with van der Waals surface area (Å²) in [5.41, 5.74) is -0.274. The number of hydrogen-bond acceptors (Lipinski definition) is 3. The van der Waals surface area contributed by atoms with Crippen molar-refractivity contribution in [2.24, 2.45) is 5.41 Å². The van der Waals surface area contributed by atoms with Crippen molar-refractivity contribution >= 4 is 0 Å². The average molecular weight is 372 g/mol. The highest BCUT2D eigenvalue weighted by Gasteiger charge is 2.41. The molecule has 2 N–H and O–H groups in total. The predicted molar refractivity (Wildman–Crippen MR) is 96.8 cm³/mol. The number of alkyl halides is 2. The van der Waals surface area contributed by atoms with Crippen LogP contribution in [0.1, 0.15) is 36.8 Å². The molecule has 0 saturated heterocycles. The maximum Gasteiger partial charge on any atom is 0.271 e. The van der Waals surface area contributed by atoms with E-state index in [1.54, 1.807) is 41.5 Å². The van der Waals surface area contributed by atoms with Gasteiger partial charge in [-0.3, -0.25) is 0 Å². The molecular weight excluding hydrogens is 350 g/mol. The van der Waals surface area contributed by atoms with Crippen LogP contribution in [-0.2, 0) is 18.4 Å². The minimum absolute atomic E-state index is 0.153. The Hall–Kier alpha value is -2.54. The molecule has 27 heavy (non-hydrogen) atoms. The number of aliphatic hydroxyl groups is 1. The van der Waals surface area contributed by atoms with Crippen LogP contribution in [0.25, 0.3) is 5.69 Å². The lowest BCUT2D eigenvalue weighted by Gasteiger charge is -2.27. The Labute approximate surface area is 156 Å². The Bertz CT molecular complexity index is 900. The molecule has 2 heterocycles. The molecule has 0 amide bonds. The van der Waals surface area contributed by atoms with E-state index in [1.807, 2.05) is 0 Å². The molecule has 0 radical (unpaired) electrons. The van der Waals surface area contributed by atoms with Gasteiger partial charge in [-0.15, -0.1) is 0 Å². The largest absolute Gasteiger partial charge is 0.379 e. The number of benzene rings is 1. The van der Waals surface area contributed by atoms with Gasteiger partial charge in [-0.2, -0.15) is 5.10 Å². The summed E-state index contributed by atoms with van der Waals surface area (Å²) in [4.78, 5) is 7.38. The fourth-order valence-corrected chi connectivity index (χ4v) is 3.30. The van der Waals surface area contributed by atoms with E-state index in [4.69, 9.17) is 0 Å². The van der Waals surface area contributed by atoms with Crippen LogP contribution in [0.3, 0.4) is 0 Å². The van der Waals surface area contributed by atoms with Gasteiger partial charge < -0.3 is 10.1 Å². The van der Waals surface area contributed by atoms with E-state index in [0.29, 0.717) is 5.82 Å². The van der Waals surface area contributed by atoms with E-state index in [1.165, 1.54) is 25.0 Å². The Kier molecular flexibility index (Phi) is 4.34. The molecule has 2 aromatic heterocycles. The minimum atomic E-state index is -2.94. The molecule has 5 nitrogen and oxygen atoms in total. The average Bonchev–Trinajstić information content (AvgIpc) is 3.06. The number of rotatable bonds is 7. The Morgan fingerprint density at radius 2 is 2.04 bits per heavy atom. The SMILES string of the molecule is CC1(Cc2c[nH]c(CC(O)(c3ccc(-n4cccn4)cc3)C(F)F)n2)CC1. The summed E-state index contributed by atoms with van der Waals surface area (Å²) in [6.07, 6.45) is 5.10. The number of imidazole rings is 1. The van der Waals surface area contributed by atoms with Crippen molar-refractivity contribution in [3.63, 3.8) is 0 Å². The summed E-state index contributed by atoms with van der Waals surface area (Å²) < 4.78 is 29.2. The molecular formula is C20H22F2N4O. The molecule has 0 aliphatic heterocycles. The van der Waals surface area contributed by atoms with E-state index in [-0.39, 0.29) is 17.4 Å². The topological polar surface area (TPSA) is 66.7 Å². The van der Waals surface area contributed by atoms with E-state index in [0.717, 1.165) is 17.8 Å². The third-order valence-electron chi connectivity index (χ3n) is 5.33. The Morgan fingerprint density at radius 1 is 1.30 bits per heavy atom. The molecule has 0 bridgehead atoms. The highest BCUT2D eigenvalue weighted by atomic mass is 19.3. The van der Waals surface area contributed by atoms with Crippen molar-refractivity contribution in [3.05, 3.63) is 66.0 Å². The zero-order chi connectivity index (χ0) is 19.1. The first-order chi connectivity index (χ1) is 12.9. The number of halogens is 2. The molecule has 0 spiro atoms. The van der Waals surface area contributed by atoms with Gasteiger partial charge in [0.15, 0.2) is 5.60 Å². The van der Waals surface area contributed by atoms with Gasteiger partial charge in [0, 0.05) is 25.0 Å². The van der Waals surface area contributed by atoms with Crippen molar-refractivity contribution in [1.82, 2.24) is 19.7 Å². The van der Waals surface area contributed by atoms with Crippen molar-refractivity contribution in [2.45, 2.75) is 44.6 Å². The summed E-state index contributed by atoms with van der Waals surface area (Å²) in [7, 11) is 0. The number of aromatic amines is 1. The first-order valence-corrected chi connectivity index (χ1v) is 9.02. The van der Waals surface area contributed by atoms with E-state index >= 15 is 0 Å². The number of hydrogen-bond donors (Lipinski definition) is 2. The first-order valence-electron chi connectivity index (χ1n) is 9.02. The number of aromatic nitrogens is 4. The van der Waals surface area contributed by atoms with Gasteiger partial charge in [0.05, 0.1) is 11.4 Å². The zero-order valence-corrected chi connectivity index (χ0v) is 15.1. The fraction of sp³-hybridized carbons (Fsp3) is 0.400. The van der Waals surface area contributed by atoms with E-state index < -0.39 is 12.0 Å². The Morgan fingerprint density at radius 3 is 2.63 bits per heavy atom. The summed E-state index contributed by atoms with van der Waals surface area (Å²) in [5.74, 6) is 0.369. The van der Waals surface area contributed by atoms with Gasteiger partial charge in [-0.05, 0) is 48.4 Å². The number of nitrogens with zero attached hydrogens (tertiary/aromatic N) is 3. The van der Waals surface area contributed by atoms with Gasteiger partial charge >= 0.3 is 0 Å². The van der Waals surface area contributed by atoms with Crippen LogP contribution in [0.5, 0.6) is 0 Å². The summed E-state index contributed by atoms with van der Waals surface area (Å²) in [6, 6.07) is 8.13.